The molecule has 1 aromatic rings. The van der Waals surface area contributed by atoms with E-state index in [-0.39, 0.29) is 0 Å². The lowest BCUT2D eigenvalue weighted by Gasteiger charge is -2.05. The molecule has 1 unspecified atom stereocenters. The largest absolute Gasteiger partial charge is 0.465 e. The normalized spacial score (nSPS) is 12.5. The summed E-state index contributed by atoms with van der Waals surface area (Å²) in [6.07, 6.45) is 3.39. The van der Waals surface area contributed by atoms with Gasteiger partial charge in [0, 0.05) is 12.4 Å². The predicted octanol–water partition coefficient (Wildman–Crippen LogP) is 1.86. The topological polar surface area (TPSA) is 42.1 Å². The molecule has 0 aliphatic heterocycles. The minimum atomic E-state index is -0.698. The van der Waals surface area contributed by atoms with E-state index in [2.05, 4.69) is 4.98 Å². The molecule has 0 bridgehead atoms. The van der Waals surface area contributed by atoms with Crippen molar-refractivity contribution in [1.29, 1.82) is 0 Å². The van der Waals surface area contributed by atoms with Gasteiger partial charge in [0.25, 0.3) is 0 Å². The van der Waals surface area contributed by atoms with Gasteiger partial charge >= 0.3 is 5.97 Å². The molecule has 1 aromatic heterocycles. The van der Waals surface area contributed by atoms with Crippen molar-refractivity contribution in [3.05, 3.63) is 24.0 Å². The summed E-state index contributed by atoms with van der Waals surface area (Å²) in [5, 5.41) is -0.698. The third kappa shape index (κ3) is 2.01. The van der Waals surface area contributed by atoms with Crippen molar-refractivity contribution in [2.24, 2.45) is 0 Å². The zero-order chi connectivity index (χ0) is 8.97. The first-order valence-corrected chi connectivity index (χ1v) is 4.12. The maximum atomic E-state index is 11.1. The summed E-state index contributed by atoms with van der Waals surface area (Å²) in [6.45, 7) is 2.10. The zero-order valence-electron chi connectivity index (χ0n) is 6.71. The molecule has 0 spiro atoms. The van der Waals surface area contributed by atoms with E-state index in [9.17, 15) is 4.79 Å². The van der Waals surface area contributed by atoms with Crippen molar-refractivity contribution < 1.29 is 9.53 Å². The molecule has 1 N–H and O–H groups in total. The van der Waals surface area contributed by atoms with Crippen molar-refractivity contribution in [2.75, 3.05) is 6.61 Å². The number of carbonyl (C=O) groups excluding carboxylic acids is 1. The molecule has 0 fully saturated rings. The van der Waals surface area contributed by atoms with Crippen molar-refractivity contribution >= 4 is 17.6 Å². The molecule has 3 nitrogen and oxygen atoms in total. The van der Waals surface area contributed by atoms with Crippen LogP contribution in [0.5, 0.6) is 0 Å². The molecule has 66 valence electrons. The van der Waals surface area contributed by atoms with Crippen molar-refractivity contribution in [1.82, 2.24) is 4.98 Å². The standard InChI is InChI=1S/C8H10ClNO2/c1-2-12-8(11)7(9)6-3-4-10-5-6/h3-5,7,10H,2H2,1H3. The summed E-state index contributed by atoms with van der Waals surface area (Å²) in [4.78, 5) is 13.9. The average molecular weight is 188 g/mol. The predicted molar refractivity (Wildman–Crippen MR) is 46.0 cm³/mol. The molecular formula is C8H10ClNO2. The Kier molecular flexibility index (Phi) is 3.17. The number of aromatic nitrogens is 1. The molecule has 0 saturated heterocycles. The second kappa shape index (κ2) is 4.16. The first kappa shape index (κ1) is 9.13. The number of aromatic amines is 1. The number of esters is 1. The van der Waals surface area contributed by atoms with Gasteiger partial charge < -0.3 is 9.72 Å². The van der Waals surface area contributed by atoms with Crippen LogP contribution in [0.1, 0.15) is 17.9 Å². The summed E-state index contributed by atoms with van der Waals surface area (Å²) in [7, 11) is 0. The lowest BCUT2D eigenvalue weighted by Crippen LogP contribution is -2.10. The second-order valence-corrected chi connectivity index (χ2v) is 2.70. The quantitative estimate of drug-likeness (QED) is 0.580. The maximum absolute atomic E-state index is 11.1. The summed E-state index contributed by atoms with van der Waals surface area (Å²) < 4.78 is 4.74. The van der Waals surface area contributed by atoms with Gasteiger partial charge in [0.15, 0.2) is 5.38 Å². The summed E-state index contributed by atoms with van der Waals surface area (Å²) in [5.74, 6) is -0.404. The van der Waals surface area contributed by atoms with Crippen LogP contribution in [-0.2, 0) is 9.53 Å². The Morgan fingerprint density at radius 1 is 1.83 bits per heavy atom. The third-order valence-corrected chi connectivity index (χ3v) is 1.84. The zero-order valence-corrected chi connectivity index (χ0v) is 7.47. The molecule has 0 aliphatic rings. The van der Waals surface area contributed by atoms with Crippen molar-refractivity contribution in [3.63, 3.8) is 0 Å². The highest BCUT2D eigenvalue weighted by atomic mass is 35.5. The van der Waals surface area contributed by atoms with Gasteiger partial charge in [-0.2, -0.15) is 0 Å². The monoisotopic (exact) mass is 187 g/mol. The minimum absolute atomic E-state index is 0.354. The molecule has 0 aromatic carbocycles. The number of halogens is 1. The summed E-state index contributed by atoms with van der Waals surface area (Å²) in [5.41, 5.74) is 0.732. The minimum Gasteiger partial charge on any atom is -0.465 e. The molecule has 0 amide bonds. The van der Waals surface area contributed by atoms with E-state index in [1.807, 2.05) is 0 Å². The Balaban J connectivity index is 2.59. The Morgan fingerprint density at radius 2 is 2.58 bits per heavy atom. The number of carbonyl (C=O) groups is 1. The highest BCUT2D eigenvalue weighted by Gasteiger charge is 2.18. The van der Waals surface area contributed by atoms with Crippen molar-refractivity contribution in [3.8, 4) is 0 Å². The Hall–Kier alpha value is -0.960. The van der Waals surface area contributed by atoms with Gasteiger partial charge in [-0.1, -0.05) is 0 Å². The van der Waals surface area contributed by atoms with E-state index >= 15 is 0 Å². The van der Waals surface area contributed by atoms with Crippen LogP contribution in [0.3, 0.4) is 0 Å². The number of nitrogens with one attached hydrogen (secondary N) is 1. The number of alkyl halides is 1. The van der Waals surface area contributed by atoms with Gasteiger partial charge in [-0.25, -0.2) is 0 Å². The highest BCUT2D eigenvalue weighted by molar-refractivity contribution is 6.29. The van der Waals surface area contributed by atoms with Crippen LogP contribution in [0.15, 0.2) is 18.5 Å². The number of hydrogen-bond donors (Lipinski definition) is 1. The van der Waals surface area contributed by atoms with E-state index in [1.165, 1.54) is 0 Å². The first-order valence-electron chi connectivity index (χ1n) is 3.69. The smallest absolute Gasteiger partial charge is 0.328 e. The van der Waals surface area contributed by atoms with Gasteiger partial charge in [0.2, 0.25) is 0 Å². The number of ether oxygens (including phenoxy) is 1. The van der Waals surface area contributed by atoms with E-state index in [4.69, 9.17) is 16.3 Å². The fourth-order valence-electron chi connectivity index (χ4n) is 0.846. The summed E-state index contributed by atoms with van der Waals surface area (Å²) in [6, 6.07) is 1.74. The van der Waals surface area contributed by atoms with E-state index in [0.717, 1.165) is 5.56 Å². The Bertz CT molecular complexity index is 246. The molecule has 0 aliphatic carbocycles. The molecule has 0 radical (unpaired) electrons. The lowest BCUT2D eigenvalue weighted by atomic mass is 10.2. The number of rotatable bonds is 3. The fourth-order valence-corrected chi connectivity index (χ4v) is 1.04. The Morgan fingerprint density at radius 3 is 3.08 bits per heavy atom. The van der Waals surface area contributed by atoms with Gasteiger partial charge in [-0.05, 0) is 18.6 Å². The van der Waals surface area contributed by atoms with Gasteiger partial charge in [0.1, 0.15) is 0 Å². The highest BCUT2D eigenvalue weighted by Crippen LogP contribution is 2.20. The van der Waals surface area contributed by atoms with Crippen LogP contribution in [0.25, 0.3) is 0 Å². The molecule has 0 saturated carbocycles. The van der Waals surface area contributed by atoms with E-state index in [0.29, 0.717) is 6.61 Å². The molecule has 12 heavy (non-hydrogen) atoms. The summed E-state index contributed by atoms with van der Waals surface area (Å²) >= 11 is 5.78. The molecule has 1 rings (SSSR count). The van der Waals surface area contributed by atoms with Crippen LogP contribution in [0.4, 0.5) is 0 Å². The first-order chi connectivity index (χ1) is 5.75. The maximum Gasteiger partial charge on any atom is 0.328 e. The van der Waals surface area contributed by atoms with Crippen LogP contribution in [-0.4, -0.2) is 17.6 Å². The Labute approximate surface area is 75.7 Å². The van der Waals surface area contributed by atoms with Gasteiger partial charge in [0.05, 0.1) is 6.61 Å². The van der Waals surface area contributed by atoms with Crippen LogP contribution in [0.2, 0.25) is 0 Å². The van der Waals surface area contributed by atoms with Gasteiger partial charge in [-0.3, -0.25) is 4.79 Å². The third-order valence-electron chi connectivity index (χ3n) is 1.41. The number of H-pyrrole nitrogens is 1. The van der Waals surface area contributed by atoms with Crippen LogP contribution < -0.4 is 0 Å². The fraction of sp³-hybridized carbons (Fsp3) is 0.375. The average Bonchev–Trinajstić information content (AvgIpc) is 2.55. The van der Waals surface area contributed by atoms with Crippen LogP contribution in [0, 0.1) is 0 Å². The SMILES string of the molecule is CCOC(=O)C(Cl)c1cc[nH]c1. The molecular weight excluding hydrogens is 178 g/mol. The lowest BCUT2D eigenvalue weighted by molar-refractivity contribution is -0.142. The molecule has 1 atom stereocenters. The second-order valence-electron chi connectivity index (χ2n) is 2.26. The molecule has 1 heterocycles. The number of hydrogen-bond acceptors (Lipinski definition) is 2. The van der Waals surface area contributed by atoms with Gasteiger partial charge in [-0.15, -0.1) is 11.6 Å². The van der Waals surface area contributed by atoms with E-state index in [1.54, 1.807) is 25.4 Å². The van der Waals surface area contributed by atoms with Crippen LogP contribution >= 0.6 is 11.6 Å². The molecule has 4 heteroatoms. The van der Waals surface area contributed by atoms with E-state index < -0.39 is 11.3 Å². The van der Waals surface area contributed by atoms with Crippen molar-refractivity contribution in [2.45, 2.75) is 12.3 Å².